The molecule has 0 aromatic carbocycles. The number of hydrogen-bond acceptors (Lipinski definition) is 2. The van der Waals surface area contributed by atoms with Crippen LogP contribution in [0.3, 0.4) is 0 Å². The predicted molar refractivity (Wildman–Crippen MR) is 43.5 cm³/mol. The normalized spacial score (nSPS) is 9.91. The van der Waals surface area contributed by atoms with E-state index < -0.39 is 0 Å². The van der Waals surface area contributed by atoms with Crippen LogP contribution in [-0.2, 0) is 6.54 Å². The molecule has 4 nitrogen and oxygen atoms in total. The molecule has 1 aromatic rings. The van der Waals surface area contributed by atoms with Gasteiger partial charge in [-0.05, 0) is 6.92 Å². The topological polar surface area (TPSA) is 67.7 Å². The molecule has 1 aromatic heterocycles. The highest BCUT2D eigenvalue weighted by atomic mass is 15.0. The van der Waals surface area contributed by atoms with Crippen molar-refractivity contribution in [1.82, 2.24) is 9.55 Å². The van der Waals surface area contributed by atoms with Gasteiger partial charge in [0.25, 0.3) is 0 Å². The third kappa shape index (κ3) is 2.07. The Kier molecular flexibility index (Phi) is 2.25. The zero-order chi connectivity index (χ0) is 8.27. The van der Waals surface area contributed by atoms with E-state index in [1.807, 2.05) is 17.7 Å². The molecule has 0 radical (unpaired) electrons. The average Bonchev–Trinajstić information content (AvgIpc) is 2.31. The van der Waals surface area contributed by atoms with E-state index in [-0.39, 0.29) is 5.84 Å². The molecule has 0 saturated heterocycles. The number of nitrogens with one attached hydrogen (secondary N) is 1. The summed E-state index contributed by atoms with van der Waals surface area (Å²) in [6.07, 6.45) is 4.23. The van der Waals surface area contributed by atoms with Crippen LogP contribution in [0.2, 0.25) is 0 Å². The van der Waals surface area contributed by atoms with Gasteiger partial charge in [-0.15, -0.1) is 0 Å². The Morgan fingerprint density at radius 1 is 1.82 bits per heavy atom. The molecule has 0 atom stereocenters. The number of aryl methyl sites for hydroxylation is 2. The lowest BCUT2D eigenvalue weighted by Crippen LogP contribution is -2.13. The van der Waals surface area contributed by atoms with Crippen LogP contribution in [0.4, 0.5) is 0 Å². The molecule has 0 spiro atoms. The summed E-state index contributed by atoms with van der Waals surface area (Å²) in [5.74, 6) is 1.18. The summed E-state index contributed by atoms with van der Waals surface area (Å²) in [7, 11) is 0. The maximum Gasteiger partial charge on any atom is 0.105 e. The number of imidazole rings is 1. The minimum Gasteiger partial charge on any atom is -0.388 e. The van der Waals surface area contributed by atoms with Gasteiger partial charge < -0.3 is 10.3 Å². The third-order valence-corrected chi connectivity index (χ3v) is 1.55. The van der Waals surface area contributed by atoms with Crippen molar-refractivity contribution >= 4 is 5.84 Å². The van der Waals surface area contributed by atoms with Crippen LogP contribution in [0, 0.1) is 12.3 Å². The zero-order valence-electron chi connectivity index (χ0n) is 6.54. The molecular formula is C7H12N4. The zero-order valence-corrected chi connectivity index (χ0v) is 6.54. The van der Waals surface area contributed by atoms with Crippen molar-refractivity contribution in [3.63, 3.8) is 0 Å². The summed E-state index contributed by atoms with van der Waals surface area (Å²) in [5.41, 5.74) is 5.21. The van der Waals surface area contributed by atoms with Crippen molar-refractivity contribution in [3.8, 4) is 0 Å². The first-order chi connectivity index (χ1) is 5.20. The van der Waals surface area contributed by atoms with E-state index in [1.54, 1.807) is 6.20 Å². The average molecular weight is 152 g/mol. The first-order valence-corrected chi connectivity index (χ1v) is 3.51. The highest BCUT2D eigenvalue weighted by Gasteiger charge is 1.96. The summed E-state index contributed by atoms with van der Waals surface area (Å²) in [4.78, 5) is 4.05. The van der Waals surface area contributed by atoms with Crippen LogP contribution in [0.5, 0.6) is 0 Å². The molecule has 0 aliphatic rings. The number of aromatic nitrogens is 2. The van der Waals surface area contributed by atoms with E-state index in [9.17, 15) is 0 Å². The lowest BCUT2D eigenvalue weighted by atomic mass is 10.4. The molecule has 3 N–H and O–H groups in total. The van der Waals surface area contributed by atoms with E-state index in [2.05, 4.69) is 4.98 Å². The van der Waals surface area contributed by atoms with Crippen molar-refractivity contribution in [3.05, 3.63) is 18.2 Å². The summed E-state index contributed by atoms with van der Waals surface area (Å²) < 4.78 is 1.97. The van der Waals surface area contributed by atoms with Crippen LogP contribution >= 0.6 is 0 Å². The highest BCUT2D eigenvalue weighted by Crippen LogP contribution is 1.96. The van der Waals surface area contributed by atoms with Crippen LogP contribution in [0.1, 0.15) is 12.2 Å². The van der Waals surface area contributed by atoms with Gasteiger partial charge >= 0.3 is 0 Å². The van der Waals surface area contributed by atoms with E-state index in [4.69, 9.17) is 11.1 Å². The summed E-state index contributed by atoms with van der Waals surface area (Å²) >= 11 is 0. The van der Waals surface area contributed by atoms with Crippen LogP contribution in [-0.4, -0.2) is 15.4 Å². The smallest absolute Gasteiger partial charge is 0.105 e. The molecule has 1 rings (SSSR count). The Bertz CT molecular complexity index is 251. The van der Waals surface area contributed by atoms with E-state index in [1.165, 1.54) is 0 Å². The molecule has 0 aliphatic carbocycles. The van der Waals surface area contributed by atoms with Crippen molar-refractivity contribution in [2.24, 2.45) is 5.73 Å². The molecule has 0 aliphatic heterocycles. The van der Waals surface area contributed by atoms with Gasteiger partial charge in [-0.3, -0.25) is 5.41 Å². The maximum absolute atomic E-state index is 7.01. The number of nitrogens with two attached hydrogens (primary N) is 1. The number of hydrogen-bond donors (Lipinski definition) is 2. The van der Waals surface area contributed by atoms with E-state index in [0.717, 1.165) is 12.4 Å². The van der Waals surface area contributed by atoms with Gasteiger partial charge in [0.2, 0.25) is 0 Å². The molecule has 1 heterocycles. The Hall–Kier alpha value is -1.32. The second-order valence-corrected chi connectivity index (χ2v) is 2.44. The first-order valence-electron chi connectivity index (χ1n) is 3.51. The molecule has 0 saturated carbocycles. The summed E-state index contributed by atoms with van der Waals surface area (Å²) in [6, 6.07) is 0. The fraction of sp³-hybridized carbons (Fsp3) is 0.429. The van der Waals surface area contributed by atoms with Gasteiger partial charge in [-0.1, -0.05) is 0 Å². The Balaban J connectivity index is 2.51. The Morgan fingerprint density at radius 3 is 3.00 bits per heavy atom. The molecule has 11 heavy (non-hydrogen) atoms. The lowest BCUT2D eigenvalue weighted by molar-refractivity contribution is 0.695. The molecule has 0 unspecified atom stereocenters. The van der Waals surface area contributed by atoms with Crippen LogP contribution in [0.25, 0.3) is 0 Å². The molecule has 60 valence electrons. The molecule has 0 amide bonds. The van der Waals surface area contributed by atoms with Crippen molar-refractivity contribution in [1.29, 1.82) is 5.41 Å². The minimum absolute atomic E-state index is 0.220. The lowest BCUT2D eigenvalue weighted by Gasteiger charge is -2.02. The number of amidine groups is 1. The van der Waals surface area contributed by atoms with Gasteiger partial charge in [-0.2, -0.15) is 0 Å². The summed E-state index contributed by atoms with van der Waals surface area (Å²) in [5, 5.41) is 7.01. The van der Waals surface area contributed by atoms with E-state index >= 15 is 0 Å². The SMILES string of the molecule is Cc1nccn1CCC(=N)N. The predicted octanol–water partition coefficient (Wildman–Crippen LogP) is 0.518. The van der Waals surface area contributed by atoms with Gasteiger partial charge in [0, 0.05) is 25.4 Å². The molecule has 4 heteroatoms. The maximum atomic E-state index is 7.01. The van der Waals surface area contributed by atoms with Gasteiger partial charge in [0.15, 0.2) is 0 Å². The van der Waals surface area contributed by atoms with Gasteiger partial charge in [0.05, 0.1) is 5.84 Å². The number of rotatable bonds is 3. The van der Waals surface area contributed by atoms with Crippen LogP contribution in [0.15, 0.2) is 12.4 Å². The highest BCUT2D eigenvalue weighted by molar-refractivity contribution is 5.76. The minimum atomic E-state index is 0.220. The molecule has 0 bridgehead atoms. The van der Waals surface area contributed by atoms with Crippen LogP contribution < -0.4 is 5.73 Å². The molecule has 0 fully saturated rings. The van der Waals surface area contributed by atoms with Crippen molar-refractivity contribution in [2.45, 2.75) is 19.9 Å². The van der Waals surface area contributed by atoms with Gasteiger partial charge in [0.1, 0.15) is 5.82 Å². The molecular weight excluding hydrogens is 140 g/mol. The van der Waals surface area contributed by atoms with E-state index in [0.29, 0.717) is 6.42 Å². The second-order valence-electron chi connectivity index (χ2n) is 2.44. The van der Waals surface area contributed by atoms with Gasteiger partial charge in [-0.25, -0.2) is 4.98 Å². The second kappa shape index (κ2) is 3.18. The largest absolute Gasteiger partial charge is 0.388 e. The standard InChI is InChI=1S/C7H12N4/c1-6-10-3-5-11(6)4-2-7(8)9/h3,5H,2,4H2,1H3,(H3,8,9). The fourth-order valence-corrected chi connectivity index (χ4v) is 0.881. The fourth-order valence-electron chi connectivity index (χ4n) is 0.881. The monoisotopic (exact) mass is 152 g/mol. The van der Waals surface area contributed by atoms with Crippen molar-refractivity contribution in [2.75, 3.05) is 0 Å². The Labute approximate surface area is 65.6 Å². The summed E-state index contributed by atoms with van der Waals surface area (Å²) in [6.45, 7) is 2.68. The third-order valence-electron chi connectivity index (χ3n) is 1.55. The quantitative estimate of drug-likeness (QED) is 0.489. The number of nitrogens with zero attached hydrogens (tertiary/aromatic N) is 2. The Morgan fingerprint density at radius 2 is 2.55 bits per heavy atom. The first kappa shape index (κ1) is 7.78. The van der Waals surface area contributed by atoms with Crippen molar-refractivity contribution < 1.29 is 0 Å².